The Bertz CT molecular complexity index is 928. The zero-order valence-corrected chi connectivity index (χ0v) is 22.1. The van der Waals surface area contributed by atoms with E-state index >= 15 is 0 Å². The van der Waals surface area contributed by atoms with Gasteiger partial charge in [0, 0.05) is 48.5 Å². The van der Waals surface area contributed by atoms with Crippen LogP contribution in [0.5, 0.6) is 0 Å². The van der Waals surface area contributed by atoms with Crippen LogP contribution in [0.25, 0.3) is 0 Å². The lowest BCUT2D eigenvalue weighted by Gasteiger charge is -2.38. The fraction of sp³-hybridized carbons (Fsp3) is 0.696. The van der Waals surface area contributed by atoms with Crippen LogP contribution in [0.3, 0.4) is 0 Å². The molecule has 214 valence electrons. The van der Waals surface area contributed by atoms with Crippen LogP contribution in [-0.4, -0.2) is 97.7 Å². The Morgan fingerprint density at radius 1 is 0.579 bits per heavy atom. The van der Waals surface area contributed by atoms with Gasteiger partial charge in [-0.05, 0) is 0 Å². The second-order valence-corrected chi connectivity index (χ2v) is 8.29. The standard InChI is InChI=1S/C23H32O15/c1-11(24)31-8-18(34-13(3)26)9-32-21-19(35-14(4)27)20(36-15(5)28)22(37-16(6)29)23(21,38-17(7)30)10-33-12(2)25/h18-22H,8-10H2,1-7H3/t18-,19+,20+,21-,22+,23+/m0/s1. The van der Waals surface area contributed by atoms with Crippen molar-refractivity contribution in [2.24, 2.45) is 0 Å². The molecule has 1 fully saturated rings. The van der Waals surface area contributed by atoms with E-state index in [1.807, 2.05) is 0 Å². The number of rotatable bonds is 12. The van der Waals surface area contributed by atoms with Gasteiger partial charge in [-0.15, -0.1) is 0 Å². The molecule has 0 spiro atoms. The molecule has 0 aromatic carbocycles. The minimum Gasteiger partial charge on any atom is -0.462 e. The van der Waals surface area contributed by atoms with Gasteiger partial charge < -0.3 is 37.9 Å². The number of hydrogen-bond acceptors (Lipinski definition) is 15. The fourth-order valence-corrected chi connectivity index (χ4v) is 3.85. The third-order valence-electron chi connectivity index (χ3n) is 4.88. The molecule has 0 saturated heterocycles. The van der Waals surface area contributed by atoms with Crippen LogP contribution in [0.2, 0.25) is 0 Å². The van der Waals surface area contributed by atoms with Crippen LogP contribution < -0.4 is 0 Å². The summed E-state index contributed by atoms with van der Waals surface area (Å²) < 4.78 is 42.5. The minimum atomic E-state index is -2.22. The van der Waals surface area contributed by atoms with E-state index in [2.05, 4.69) is 0 Å². The van der Waals surface area contributed by atoms with Crippen LogP contribution >= 0.6 is 0 Å². The first-order valence-corrected chi connectivity index (χ1v) is 11.4. The molecule has 1 aliphatic rings. The molecule has 0 heterocycles. The summed E-state index contributed by atoms with van der Waals surface area (Å²) in [6, 6.07) is 0. The van der Waals surface area contributed by atoms with Gasteiger partial charge in [0.05, 0.1) is 6.61 Å². The van der Waals surface area contributed by atoms with Crippen LogP contribution in [-0.2, 0) is 71.5 Å². The molecule has 0 aromatic heterocycles. The highest BCUT2D eigenvalue weighted by Gasteiger charge is 2.70. The number of hydrogen-bond donors (Lipinski definition) is 0. The normalized spacial score (nSPS) is 24.8. The maximum absolute atomic E-state index is 12.2. The molecule has 38 heavy (non-hydrogen) atoms. The molecule has 0 radical (unpaired) electrons. The third-order valence-corrected chi connectivity index (χ3v) is 4.88. The summed E-state index contributed by atoms with van der Waals surface area (Å²) in [6.45, 7) is 5.57. The van der Waals surface area contributed by atoms with Crippen molar-refractivity contribution in [2.75, 3.05) is 19.8 Å². The van der Waals surface area contributed by atoms with Gasteiger partial charge in [0.1, 0.15) is 19.3 Å². The van der Waals surface area contributed by atoms with Crippen molar-refractivity contribution < 1.29 is 71.5 Å². The molecule has 0 unspecified atom stereocenters. The summed E-state index contributed by atoms with van der Waals surface area (Å²) in [4.78, 5) is 82.8. The predicted octanol–water partition coefficient (Wildman–Crippen LogP) is -0.460. The Kier molecular flexibility index (Phi) is 12.1. The van der Waals surface area contributed by atoms with Gasteiger partial charge in [0.2, 0.25) is 5.60 Å². The summed E-state index contributed by atoms with van der Waals surface area (Å²) in [5.74, 6) is -5.91. The quantitative estimate of drug-likeness (QED) is 0.224. The first-order chi connectivity index (χ1) is 17.6. The van der Waals surface area contributed by atoms with Gasteiger partial charge in [-0.3, -0.25) is 33.6 Å². The molecule has 1 saturated carbocycles. The van der Waals surface area contributed by atoms with E-state index in [1.165, 1.54) is 0 Å². The Morgan fingerprint density at radius 2 is 1.08 bits per heavy atom. The lowest BCUT2D eigenvalue weighted by atomic mass is 9.96. The molecule has 15 heteroatoms. The molecule has 0 N–H and O–H groups in total. The average molecular weight is 548 g/mol. The second kappa shape index (κ2) is 14.3. The fourth-order valence-electron chi connectivity index (χ4n) is 3.85. The first-order valence-electron chi connectivity index (χ1n) is 11.4. The molecule has 0 bridgehead atoms. The Morgan fingerprint density at radius 3 is 1.50 bits per heavy atom. The van der Waals surface area contributed by atoms with Crippen molar-refractivity contribution >= 4 is 41.8 Å². The van der Waals surface area contributed by atoms with Crippen LogP contribution in [0.4, 0.5) is 0 Å². The van der Waals surface area contributed by atoms with Gasteiger partial charge in [-0.1, -0.05) is 0 Å². The number of carbonyl (C=O) groups excluding carboxylic acids is 7. The molecule has 0 aliphatic heterocycles. The van der Waals surface area contributed by atoms with Gasteiger partial charge in [0.15, 0.2) is 24.4 Å². The number of ether oxygens (including phenoxy) is 8. The highest BCUT2D eigenvalue weighted by molar-refractivity contribution is 5.71. The maximum atomic E-state index is 12.2. The zero-order chi connectivity index (χ0) is 29.2. The maximum Gasteiger partial charge on any atom is 0.303 e. The number of esters is 7. The van der Waals surface area contributed by atoms with Gasteiger partial charge >= 0.3 is 41.8 Å². The van der Waals surface area contributed by atoms with Crippen molar-refractivity contribution in [2.45, 2.75) is 84.6 Å². The summed E-state index contributed by atoms with van der Waals surface area (Å²) >= 11 is 0. The van der Waals surface area contributed by atoms with E-state index in [1.54, 1.807) is 0 Å². The van der Waals surface area contributed by atoms with Gasteiger partial charge in [-0.2, -0.15) is 0 Å². The number of carbonyl (C=O) groups is 7. The highest BCUT2D eigenvalue weighted by Crippen LogP contribution is 2.43. The lowest BCUT2D eigenvalue weighted by molar-refractivity contribution is -0.223. The third kappa shape index (κ3) is 9.61. The molecule has 6 atom stereocenters. The van der Waals surface area contributed by atoms with E-state index in [9.17, 15) is 33.6 Å². The summed E-state index contributed by atoms with van der Waals surface area (Å²) in [6.07, 6.45) is -7.69. The topological polar surface area (TPSA) is 193 Å². The Labute approximate surface area is 218 Å². The summed E-state index contributed by atoms with van der Waals surface area (Å²) in [5.41, 5.74) is -2.22. The van der Waals surface area contributed by atoms with Crippen LogP contribution in [0.1, 0.15) is 48.5 Å². The van der Waals surface area contributed by atoms with Gasteiger partial charge in [-0.25, -0.2) is 0 Å². The minimum absolute atomic E-state index is 0.439. The van der Waals surface area contributed by atoms with Crippen molar-refractivity contribution in [3.8, 4) is 0 Å². The first kappa shape index (κ1) is 32.3. The average Bonchev–Trinajstić information content (AvgIpc) is 2.95. The summed E-state index contributed by atoms with van der Waals surface area (Å²) in [7, 11) is 0. The van der Waals surface area contributed by atoms with E-state index in [-0.39, 0.29) is 0 Å². The smallest absolute Gasteiger partial charge is 0.303 e. The van der Waals surface area contributed by atoms with E-state index in [0.29, 0.717) is 0 Å². The summed E-state index contributed by atoms with van der Waals surface area (Å²) in [5, 5.41) is 0. The molecule has 1 aliphatic carbocycles. The van der Waals surface area contributed by atoms with Crippen molar-refractivity contribution in [1.29, 1.82) is 0 Å². The van der Waals surface area contributed by atoms with E-state index in [4.69, 9.17) is 37.9 Å². The molecule has 15 nitrogen and oxygen atoms in total. The van der Waals surface area contributed by atoms with Crippen molar-refractivity contribution in [1.82, 2.24) is 0 Å². The monoisotopic (exact) mass is 548 g/mol. The highest BCUT2D eigenvalue weighted by atomic mass is 16.7. The SMILES string of the molecule is CC(=O)OC[C@@H](CO[C@H]1[C@H](OC(C)=O)[C@@H](OC(C)=O)[C@@H](OC(C)=O)[C@]1(COC(C)=O)OC(C)=O)OC(C)=O. The Hall–Kier alpha value is -3.75. The van der Waals surface area contributed by atoms with Crippen LogP contribution in [0.15, 0.2) is 0 Å². The lowest BCUT2D eigenvalue weighted by Crippen LogP contribution is -2.58. The van der Waals surface area contributed by atoms with E-state index < -0.39 is 97.7 Å². The Balaban J connectivity index is 3.70. The zero-order valence-electron chi connectivity index (χ0n) is 22.1. The predicted molar refractivity (Wildman–Crippen MR) is 120 cm³/mol. The van der Waals surface area contributed by atoms with Crippen LogP contribution in [0, 0.1) is 0 Å². The largest absolute Gasteiger partial charge is 0.462 e. The van der Waals surface area contributed by atoms with Gasteiger partial charge in [0.25, 0.3) is 0 Å². The van der Waals surface area contributed by atoms with E-state index in [0.717, 1.165) is 48.5 Å². The van der Waals surface area contributed by atoms with Crippen molar-refractivity contribution in [3.63, 3.8) is 0 Å². The second-order valence-electron chi connectivity index (χ2n) is 8.29. The molecular formula is C23H32O15. The molecule has 0 aromatic rings. The van der Waals surface area contributed by atoms with Crippen molar-refractivity contribution in [3.05, 3.63) is 0 Å². The molecule has 0 amide bonds. The molecular weight excluding hydrogens is 516 g/mol. The molecule has 1 rings (SSSR count).